The molecule has 1 N–H and O–H groups in total. The quantitative estimate of drug-likeness (QED) is 0.827. The summed E-state index contributed by atoms with van der Waals surface area (Å²) < 4.78 is 0. The average Bonchev–Trinajstić information content (AvgIpc) is 2.58. The van der Waals surface area contributed by atoms with Crippen LogP contribution < -0.4 is 5.32 Å². The SMILES string of the molecule is C[C@H](SCc1ccccc1)C(=O)NC[C@@H](C)N1CCN(C)CC1. The largest absolute Gasteiger partial charge is 0.354 e. The van der Waals surface area contributed by atoms with E-state index in [4.69, 9.17) is 0 Å². The molecule has 4 nitrogen and oxygen atoms in total. The van der Waals surface area contributed by atoms with Crippen molar-refractivity contribution in [2.45, 2.75) is 30.9 Å². The van der Waals surface area contributed by atoms with Gasteiger partial charge in [-0.3, -0.25) is 9.69 Å². The van der Waals surface area contributed by atoms with Crippen molar-refractivity contribution in [3.8, 4) is 0 Å². The van der Waals surface area contributed by atoms with E-state index in [9.17, 15) is 4.79 Å². The number of hydrogen-bond donors (Lipinski definition) is 1. The maximum absolute atomic E-state index is 12.2. The van der Waals surface area contributed by atoms with Gasteiger partial charge in [-0.05, 0) is 26.5 Å². The molecule has 2 rings (SSSR count). The van der Waals surface area contributed by atoms with Gasteiger partial charge in [-0.15, -0.1) is 11.8 Å². The minimum Gasteiger partial charge on any atom is -0.354 e. The van der Waals surface area contributed by atoms with E-state index in [1.54, 1.807) is 11.8 Å². The van der Waals surface area contributed by atoms with Gasteiger partial charge in [0.25, 0.3) is 0 Å². The third kappa shape index (κ3) is 6.16. The van der Waals surface area contributed by atoms with E-state index in [0.717, 1.165) is 38.5 Å². The molecule has 128 valence electrons. The summed E-state index contributed by atoms with van der Waals surface area (Å²) in [7, 11) is 2.16. The van der Waals surface area contributed by atoms with E-state index < -0.39 is 0 Å². The summed E-state index contributed by atoms with van der Waals surface area (Å²) in [4.78, 5) is 17.1. The first-order chi connectivity index (χ1) is 11.1. The number of rotatable bonds is 7. The van der Waals surface area contributed by atoms with E-state index in [2.05, 4.69) is 41.2 Å². The lowest BCUT2D eigenvalue weighted by molar-refractivity contribution is -0.120. The number of likely N-dealkylation sites (N-methyl/N-ethyl adjacent to an activating group) is 1. The first-order valence-corrected chi connectivity index (χ1v) is 9.47. The van der Waals surface area contributed by atoms with Crippen LogP contribution in [0.5, 0.6) is 0 Å². The summed E-state index contributed by atoms with van der Waals surface area (Å²) in [5.41, 5.74) is 1.27. The molecule has 1 saturated heterocycles. The van der Waals surface area contributed by atoms with Gasteiger partial charge >= 0.3 is 0 Å². The van der Waals surface area contributed by atoms with Crippen LogP contribution in [-0.2, 0) is 10.5 Å². The first-order valence-electron chi connectivity index (χ1n) is 8.42. The first kappa shape index (κ1) is 18.3. The van der Waals surface area contributed by atoms with Crippen molar-refractivity contribution >= 4 is 17.7 Å². The molecule has 5 heteroatoms. The molecule has 0 bridgehead atoms. The average molecular weight is 336 g/mol. The summed E-state index contributed by atoms with van der Waals surface area (Å²) in [6.45, 7) is 9.33. The third-order valence-electron chi connectivity index (χ3n) is 4.44. The minimum atomic E-state index is -0.0186. The second-order valence-corrected chi connectivity index (χ2v) is 7.70. The highest BCUT2D eigenvalue weighted by Crippen LogP contribution is 2.17. The summed E-state index contributed by atoms with van der Waals surface area (Å²) in [5.74, 6) is 1.02. The number of carbonyl (C=O) groups is 1. The number of amides is 1. The molecular formula is C18H29N3OS. The van der Waals surface area contributed by atoms with Crippen molar-refractivity contribution in [3.05, 3.63) is 35.9 Å². The van der Waals surface area contributed by atoms with E-state index in [-0.39, 0.29) is 11.2 Å². The number of nitrogens with zero attached hydrogens (tertiary/aromatic N) is 2. The topological polar surface area (TPSA) is 35.6 Å². The van der Waals surface area contributed by atoms with Crippen molar-refractivity contribution in [1.82, 2.24) is 15.1 Å². The van der Waals surface area contributed by atoms with Gasteiger partial charge in [0.2, 0.25) is 5.91 Å². The summed E-state index contributed by atoms with van der Waals surface area (Å²) in [6.07, 6.45) is 0. The molecule has 0 aliphatic carbocycles. The Morgan fingerprint density at radius 2 is 1.83 bits per heavy atom. The molecule has 1 aromatic rings. The molecule has 23 heavy (non-hydrogen) atoms. The summed E-state index contributed by atoms with van der Waals surface area (Å²) in [6, 6.07) is 10.7. The van der Waals surface area contributed by atoms with Gasteiger partial charge in [0.1, 0.15) is 0 Å². The standard InChI is InChI=1S/C18H29N3OS/c1-15(21-11-9-20(3)10-12-21)13-19-18(22)16(2)23-14-17-7-5-4-6-8-17/h4-8,15-16H,9-14H2,1-3H3,(H,19,22)/t15-,16+/m1/s1. The van der Waals surface area contributed by atoms with Crippen molar-refractivity contribution in [3.63, 3.8) is 0 Å². The number of carbonyl (C=O) groups excluding carboxylic acids is 1. The maximum Gasteiger partial charge on any atom is 0.232 e. The highest BCUT2D eigenvalue weighted by Gasteiger charge is 2.20. The van der Waals surface area contributed by atoms with Gasteiger partial charge in [-0.25, -0.2) is 0 Å². The van der Waals surface area contributed by atoms with Gasteiger partial charge < -0.3 is 10.2 Å². The van der Waals surface area contributed by atoms with Crippen LogP contribution in [0, 0.1) is 0 Å². The van der Waals surface area contributed by atoms with Crippen LogP contribution in [0.2, 0.25) is 0 Å². The number of piperazine rings is 1. The van der Waals surface area contributed by atoms with Crippen LogP contribution in [0.15, 0.2) is 30.3 Å². The van der Waals surface area contributed by atoms with E-state index in [1.165, 1.54) is 5.56 Å². The number of thioether (sulfide) groups is 1. The molecular weight excluding hydrogens is 306 g/mol. The zero-order valence-corrected chi connectivity index (χ0v) is 15.3. The molecule has 0 unspecified atom stereocenters. The highest BCUT2D eigenvalue weighted by atomic mass is 32.2. The van der Waals surface area contributed by atoms with Crippen LogP contribution >= 0.6 is 11.8 Å². The predicted octanol–water partition coefficient (Wildman–Crippen LogP) is 2.06. The lowest BCUT2D eigenvalue weighted by Gasteiger charge is -2.36. The van der Waals surface area contributed by atoms with Crippen LogP contribution in [0.25, 0.3) is 0 Å². The molecule has 1 aliphatic heterocycles. The van der Waals surface area contributed by atoms with Crippen molar-refractivity contribution in [1.29, 1.82) is 0 Å². The predicted molar refractivity (Wildman–Crippen MR) is 98.7 cm³/mol. The molecule has 1 aromatic carbocycles. The minimum absolute atomic E-state index is 0.0186. The Bertz CT molecular complexity index is 474. The maximum atomic E-state index is 12.2. The number of benzene rings is 1. The monoisotopic (exact) mass is 335 g/mol. The van der Waals surface area contributed by atoms with Crippen molar-refractivity contribution in [2.75, 3.05) is 39.8 Å². The second kappa shape index (κ2) is 9.30. The molecule has 1 aliphatic rings. The molecule has 0 aromatic heterocycles. The van der Waals surface area contributed by atoms with E-state index in [1.807, 2.05) is 25.1 Å². The number of nitrogens with one attached hydrogen (secondary N) is 1. The zero-order chi connectivity index (χ0) is 16.7. The Balaban J connectivity index is 1.67. The molecule has 0 saturated carbocycles. The van der Waals surface area contributed by atoms with Gasteiger partial charge in [0, 0.05) is 44.5 Å². The Kier molecular flexibility index (Phi) is 7.40. The fraction of sp³-hybridized carbons (Fsp3) is 0.611. The Morgan fingerprint density at radius 3 is 2.48 bits per heavy atom. The smallest absolute Gasteiger partial charge is 0.232 e. The molecule has 1 amide bonds. The van der Waals surface area contributed by atoms with Crippen LogP contribution in [0.3, 0.4) is 0 Å². The van der Waals surface area contributed by atoms with Crippen molar-refractivity contribution < 1.29 is 4.79 Å². The fourth-order valence-electron chi connectivity index (χ4n) is 2.65. The number of hydrogen-bond acceptors (Lipinski definition) is 4. The van der Waals surface area contributed by atoms with E-state index in [0.29, 0.717) is 6.04 Å². The summed E-state index contributed by atoms with van der Waals surface area (Å²) in [5, 5.41) is 3.09. The molecule has 1 heterocycles. The molecule has 0 spiro atoms. The third-order valence-corrected chi connectivity index (χ3v) is 5.66. The van der Waals surface area contributed by atoms with Crippen LogP contribution in [0.1, 0.15) is 19.4 Å². The van der Waals surface area contributed by atoms with Gasteiger partial charge in [0.15, 0.2) is 0 Å². The lowest BCUT2D eigenvalue weighted by atomic mass is 10.2. The highest BCUT2D eigenvalue weighted by molar-refractivity contribution is 7.99. The molecule has 0 radical (unpaired) electrons. The van der Waals surface area contributed by atoms with Crippen LogP contribution in [-0.4, -0.2) is 66.8 Å². The Labute approximate surface area is 144 Å². The van der Waals surface area contributed by atoms with Gasteiger partial charge in [-0.1, -0.05) is 30.3 Å². The van der Waals surface area contributed by atoms with Crippen molar-refractivity contribution in [2.24, 2.45) is 0 Å². The van der Waals surface area contributed by atoms with E-state index >= 15 is 0 Å². The Hall–Kier alpha value is -1.04. The molecule has 1 fully saturated rings. The Morgan fingerprint density at radius 1 is 1.17 bits per heavy atom. The summed E-state index contributed by atoms with van der Waals surface area (Å²) >= 11 is 1.69. The van der Waals surface area contributed by atoms with Gasteiger partial charge in [-0.2, -0.15) is 0 Å². The zero-order valence-electron chi connectivity index (χ0n) is 14.5. The fourth-order valence-corrected chi connectivity index (χ4v) is 3.52. The van der Waals surface area contributed by atoms with Crippen LogP contribution in [0.4, 0.5) is 0 Å². The normalized spacial score (nSPS) is 19.3. The second-order valence-electron chi connectivity index (χ2n) is 6.37. The lowest BCUT2D eigenvalue weighted by Crippen LogP contribution is -2.51. The molecule has 2 atom stereocenters. The van der Waals surface area contributed by atoms with Gasteiger partial charge in [0.05, 0.1) is 5.25 Å².